The summed E-state index contributed by atoms with van der Waals surface area (Å²) in [5, 5.41) is 2.97. The van der Waals surface area contributed by atoms with E-state index in [1.165, 1.54) is 0 Å². The zero-order valence-corrected chi connectivity index (χ0v) is 15.5. The van der Waals surface area contributed by atoms with Crippen LogP contribution >= 0.6 is 0 Å². The maximum atomic E-state index is 12.7. The van der Waals surface area contributed by atoms with E-state index in [1.807, 2.05) is 73.6 Å². The van der Waals surface area contributed by atoms with Crippen molar-refractivity contribution in [2.45, 2.75) is 33.4 Å². The smallest absolute Gasteiger partial charge is 0.322 e. The summed E-state index contributed by atoms with van der Waals surface area (Å²) in [4.78, 5) is 23.0. The number of nitrogens with zero attached hydrogens (tertiary/aromatic N) is 5. The van der Waals surface area contributed by atoms with Gasteiger partial charge in [0.2, 0.25) is 0 Å². The fraction of sp³-hybridized carbons (Fsp3) is 0.316. The van der Waals surface area contributed by atoms with Crippen LogP contribution in [0.5, 0.6) is 0 Å². The Labute approximate surface area is 153 Å². The standard InChI is InChI=1S/C19H24N6O/c1-14(2)25(13-18-21-9-11-23(18)4)19(26)22-16-5-7-17(8-6-16)24-12-10-20-15(24)3/h5-12,14H,13H2,1-4H3,(H,22,26). The van der Waals surface area contributed by atoms with Crippen LogP contribution in [0.3, 0.4) is 0 Å². The lowest BCUT2D eigenvalue weighted by Gasteiger charge is -2.26. The van der Waals surface area contributed by atoms with Crippen molar-refractivity contribution in [3.05, 3.63) is 60.7 Å². The number of hydrogen-bond acceptors (Lipinski definition) is 3. The monoisotopic (exact) mass is 352 g/mol. The Kier molecular flexibility index (Phi) is 5.06. The molecule has 0 saturated carbocycles. The minimum Gasteiger partial charge on any atom is -0.337 e. The molecule has 7 nitrogen and oxygen atoms in total. The zero-order valence-electron chi connectivity index (χ0n) is 15.5. The van der Waals surface area contributed by atoms with Gasteiger partial charge in [0.05, 0.1) is 6.54 Å². The Morgan fingerprint density at radius 1 is 1.15 bits per heavy atom. The van der Waals surface area contributed by atoms with Crippen molar-refractivity contribution in [3.63, 3.8) is 0 Å². The van der Waals surface area contributed by atoms with Gasteiger partial charge in [-0.3, -0.25) is 0 Å². The number of aromatic nitrogens is 4. The summed E-state index contributed by atoms with van der Waals surface area (Å²) in [5.74, 6) is 1.77. The van der Waals surface area contributed by atoms with Crippen LogP contribution in [-0.2, 0) is 13.6 Å². The fourth-order valence-electron chi connectivity index (χ4n) is 2.74. The first-order chi connectivity index (χ1) is 12.5. The van der Waals surface area contributed by atoms with Gasteiger partial charge in [0, 0.05) is 49.3 Å². The predicted molar refractivity (Wildman–Crippen MR) is 101 cm³/mol. The van der Waals surface area contributed by atoms with E-state index < -0.39 is 0 Å². The zero-order chi connectivity index (χ0) is 18.7. The number of imidazole rings is 2. The Bertz CT molecular complexity index is 878. The molecule has 0 bridgehead atoms. The van der Waals surface area contributed by atoms with Gasteiger partial charge in [0.25, 0.3) is 0 Å². The highest BCUT2D eigenvalue weighted by Crippen LogP contribution is 2.16. The third-order valence-electron chi connectivity index (χ3n) is 4.34. The van der Waals surface area contributed by atoms with E-state index in [0.29, 0.717) is 6.54 Å². The van der Waals surface area contributed by atoms with Gasteiger partial charge in [-0.25, -0.2) is 14.8 Å². The number of carbonyl (C=O) groups excluding carboxylic acids is 1. The molecule has 0 spiro atoms. The van der Waals surface area contributed by atoms with Crippen molar-refractivity contribution in [1.82, 2.24) is 24.0 Å². The molecule has 1 aromatic carbocycles. The number of amides is 2. The molecule has 1 N–H and O–H groups in total. The van der Waals surface area contributed by atoms with E-state index in [9.17, 15) is 4.79 Å². The Hall–Kier alpha value is -3.09. The first-order valence-corrected chi connectivity index (χ1v) is 8.60. The molecule has 136 valence electrons. The third kappa shape index (κ3) is 3.77. The second kappa shape index (κ2) is 7.43. The van der Waals surface area contributed by atoms with E-state index in [2.05, 4.69) is 15.3 Å². The summed E-state index contributed by atoms with van der Waals surface area (Å²) in [7, 11) is 1.93. The molecule has 3 aromatic rings. The van der Waals surface area contributed by atoms with Crippen molar-refractivity contribution in [3.8, 4) is 5.69 Å². The lowest BCUT2D eigenvalue weighted by molar-refractivity contribution is 0.191. The van der Waals surface area contributed by atoms with E-state index in [-0.39, 0.29) is 12.1 Å². The molecule has 0 radical (unpaired) electrons. The van der Waals surface area contributed by atoms with Gasteiger partial charge < -0.3 is 19.4 Å². The fourth-order valence-corrected chi connectivity index (χ4v) is 2.74. The summed E-state index contributed by atoms with van der Waals surface area (Å²) in [6.07, 6.45) is 7.30. The van der Waals surface area contributed by atoms with E-state index >= 15 is 0 Å². The van der Waals surface area contributed by atoms with Gasteiger partial charge in [-0.05, 0) is 45.0 Å². The van der Waals surface area contributed by atoms with Crippen molar-refractivity contribution in [2.75, 3.05) is 5.32 Å². The number of anilines is 1. The molecule has 26 heavy (non-hydrogen) atoms. The predicted octanol–water partition coefficient (Wildman–Crippen LogP) is 3.36. The third-order valence-corrected chi connectivity index (χ3v) is 4.34. The number of carbonyl (C=O) groups is 1. The van der Waals surface area contributed by atoms with Crippen LogP contribution in [0.15, 0.2) is 49.1 Å². The first-order valence-electron chi connectivity index (χ1n) is 8.60. The van der Waals surface area contributed by atoms with E-state index in [1.54, 1.807) is 17.3 Å². The number of benzene rings is 1. The van der Waals surface area contributed by atoms with Crippen molar-refractivity contribution < 1.29 is 4.79 Å². The lowest BCUT2D eigenvalue weighted by atomic mass is 10.2. The average molecular weight is 352 g/mol. The number of aryl methyl sites for hydroxylation is 2. The number of rotatable bonds is 5. The second-order valence-corrected chi connectivity index (χ2v) is 6.50. The van der Waals surface area contributed by atoms with Crippen molar-refractivity contribution >= 4 is 11.7 Å². The molecule has 0 fully saturated rings. The van der Waals surface area contributed by atoms with E-state index in [4.69, 9.17) is 0 Å². The maximum Gasteiger partial charge on any atom is 0.322 e. The minimum absolute atomic E-state index is 0.0552. The highest BCUT2D eigenvalue weighted by atomic mass is 16.2. The van der Waals surface area contributed by atoms with Crippen LogP contribution in [0.4, 0.5) is 10.5 Å². The van der Waals surface area contributed by atoms with Crippen molar-refractivity contribution in [1.29, 1.82) is 0 Å². The molecular formula is C19H24N6O. The molecule has 3 rings (SSSR count). The first kappa shape index (κ1) is 17.7. The maximum absolute atomic E-state index is 12.7. The molecule has 0 saturated heterocycles. The van der Waals surface area contributed by atoms with Crippen LogP contribution in [0.2, 0.25) is 0 Å². The summed E-state index contributed by atoms with van der Waals surface area (Å²) in [6, 6.07) is 7.62. The molecule has 2 amide bonds. The topological polar surface area (TPSA) is 68.0 Å². The average Bonchev–Trinajstić information content (AvgIpc) is 3.21. The highest BCUT2D eigenvalue weighted by Gasteiger charge is 2.19. The Balaban J connectivity index is 1.71. The van der Waals surface area contributed by atoms with Crippen LogP contribution in [-0.4, -0.2) is 36.1 Å². The Morgan fingerprint density at radius 2 is 1.85 bits per heavy atom. The van der Waals surface area contributed by atoms with Gasteiger partial charge in [-0.2, -0.15) is 0 Å². The molecule has 2 heterocycles. The van der Waals surface area contributed by atoms with Gasteiger partial charge >= 0.3 is 6.03 Å². The van der Waals surface area contributed by atoms with E-state index in [0.717, 1.165) is 23.0 Å². The molecule has 0 aliphatic heterocycles. The molecule has 0 aliphatic rings. The van der Waals surface area contributed by atoms with Crippen LogP contribution < -0.4 is 5.32 Å². The number of hydrogen-bond donors (Lipinski definition) is 1. The minimum atomic E-state index is -0.144. The number of nitrogens with one attached hydrogen (secondary N) is 1. The Morgan fingerprint density at radius 3 is 2.38 bits per heavy atom. The van der Waals surface area contributed by atoms with Gasteiger partial charge in [0.1, 0.15) is 11.6 Å². The van der Waals surface area contributed by atoms with Crippen LogP contribution in [0.1, 0.15) is 25.5 Å². The second-order valence-electron chi connectivity index (χ2n) is 6.50. The molecule has 0 atom stereocenters. The van der Waals surface area contributed by atoms with Gasteiger partial charge in [0.15, 0.2) is 0 Å². The normalized spacial score (nSPS) is 11.0. The van der Waals surface area contributed by atoms with Crippen LogP contribution in [0.25, 0.3) is 5.69 Å². The van der Waals surface area contributed by atoms with Crippen molar-refractivity contribution in [2.24, 2.45) is 7.05 Å². The summed E-state index contributed by atoms with van der Waals surface area (Å²) in [6.45, 7) is 6.40. The molecule has 7 heteroatoms. The summed E-state index contributed by atoms with van der Waals surface area (Å²) >= 11 is 0. The molecule has 0 unspecified atom stereocenters. The SMILES string of the molecule is Cc1nccn1-c1ccc(NC(=O)N(Cc2nccn2C)C(C)C)cc1. The number of urea groups is 1. The lowest BCUT2D eigenvalue weighted by Crippen LogP contribution is -2.40. The van der Waals surface area contributed by atoms with Gasteiger partial charge in [-0.1, -0.05) is 0 Å². The summed E-state index contributed by atoms with van der Waals surface area (Å²) in [5.41, 5.74) is 1.76. The highest BCUT2D eigenvalue weighted by molar-refractivity contribution is 5.89. The molecular weight excluding hydrogens is 328 g/mol. The summed E-state index contributed by atoms with van der Waals surface area (Å²) < 4.78 is 3.91. The largest absolute Gasteiger partial charge is 0.337 e. The van der Waals surface area contributed by atoms with Crippen LogP contribution in [0, 0.1) is 6.92 Å². The molecule has 0 aliphatic carbocycles. The van der Waals surface area contributed by atoms with Gasteiger partial charge in [-0.15, -0.1) is 0 Å². The quantitative estimate of drug-likeness (QED) is 0.765. The molecule has 2 aromatic heterocycles.